The number of hydrogen-bond acceptors (Lipinski definition) is 3. The van der Waals surface area contributed by atoms with E-state index in [0.29, 0.717) is 5.56 Å². The Morgan fingerprint density at radius 2 is 2.00 bits per heavy atom. The van der Waals surface area contributed by atoms with Crippen molar-refractivity contribution >= 4 is 23.4 Å². The minimum Gasteiger partial charge on any atom is -0.445 e. The molecule has 0 spiro atoms. The number of amides is 1. The molecule has 0 aromatic heterocycles. The molecule has 0 bridgehead atoms. The van der Waals surface area contributed by atoms with Gasteiger partial charge in [0.15, 0.2) is 5.82 Å². The second kappa shape index (κ2) is 8.06. The zero-order valence-corrected chi connectivity index (χ0v) is 12.9. The molecule has 2 aromatic carbocycles. The van der Waals surface area contributed by atoms with Crippen molar-refractivity contribution in [3.8, 4) is 11.8 Å². The Balaban J connectivity index is 1.81. The number of nitrogens with one attached hydrogen (secondary N) is 1. The van der Waals surface area contributed by atoms with Crippen LogP contribution in [0.1, 0.15) is 11.1 Å². The highest BCUT2D eigenvalue weighted by Gasteiger charge is 2.07. The average Bonchev–Trinajstić information content (AvgIpc) is 2.57. The first kappa shape index (κ1) is 16.7. The van der Waals surface area contributed by atoms with Crippen LogP contribution in [0.25, 0.3) is 0 Å². The summed E-state index contributed by atoms with van der Waals surface area (Å²) in [6, 6.07) is 12.2. The summed E-state index contributed by atoms with van der Waals surface area (Å²) in [5, 5.41) is 2.34. The highest BCUT2D eigenvalue weighted by molar-refractivity contribution is 6.32. The van der Waals surface area contributed by atoms with Gasteiger partial charge in [-0.05, 0) is 17.7 Å². The largest absolute Gasteiger partial charge is 0.445 e. The molecule has 0 heterocycles. The van der Waals surface area contributed by atoms with E-state index < -0.39 is 11.9 Å². The molecule has 6 heteroatoms. The molecule has 0 unspecified atom stereocenters. The molecule has 1 amide bonds. The third-order valence-corrected chi connectivity index (χ3v) is 3.24. The summed E-state index contributed by atoms with van der Waals surface area (Å²) < 4.78 is 18.5. The predicted octanol–water partition coefficient (Wildman–Crippen LogP) is 3.34. The summed E-state index contributed by atoms with van der Waals surface area (Å²) in [5.41, 5.74) is 6.54. The van der Waals surface area contributed by atoms with Crippen molar-refractivity contribution in [3.63, 3.8) is 0 Å². The summed E-state index contributed by atoms with van der Waals surface area (Å²) in [4.78, 5) is 11.5. The molecule has 4 nitrogen and oxygen atoms in total. The smallest absolute Gasteiger partial charge is 0.408 e. The highest BCUT2D eigenvalue weighted by atomic mass is 35.5. The quantitative estimate of drug-likeness (QED) is 0.669. The van der Waals surface area contributed by atoms with Crippen LogP contribution in [0.4, 0.5) is 14.9 Å². The highest BCUT2D eigenvalue weighted by Crippen LogP contribution is 2.23. The molecule has 3 N–H and O–H groups in total. The van der Waals surface area contributed by atoms with E-state index >= 15 is 0 Å². The number of nitrogens with two attached hydrogens (primary N) is 1. The predicted molar refractivity (Wildman–Crippen MR) is 87.3 cm³/mol. The number of alkyl carbamates (subject to hydrolysis) is 1. The number of rotatable bonds is 3. The lowest BCUT2D eigenvalue weighted by Crippen LogP contribution is -2.24. The van der Waals surface area contributed by atoms with E-state index in [0.717, 1.165) is 5.56 Å². The number of carbonyl (C=O) groups excluding carboxylic acids is 1. The first-order chi connectivity index (χ1) is 11.1. The monoisotopic (exact) mass is 332 g/mol. The first-order valence-corrected chi connectivity index (χ1v) is 7.12. The molecule has 0 aliphatic carbocycles. The Bertz CT molecular complexity index is 754. The van der Waals surface area contributed by atoms with Gasteiger partial charge >= 0.3 is 6.09 Å². The molecule has 0 radical (unpaired) electrons. The molecule has 0 fully saturated rings. The van der Waals surface area contributed by atoms with Crippen LogP contribution in [0.5, 0.6) is 0 Å². The van der Waals surface area contributed by atoms with Crippen LogP contribution in [-0.4, -0.2) is 12.6 Å². The minimum atomic E-state index is -0.700. The van der Waals surface area contributed by atoms with Crippen molar-refractivity contribution in [2.45, 2.75) is 6.61 Å². The van der Waals surface area contributed by atoms with E-state index in [1.54, 1.807) is 0 Å². The van der Waals surface area contributed by atoms with Gasteiger partial charge in [-0.1, -0.05) is 53.8 Å². The Labute approximate surface area is 138 Å². The fourth-order valence-electron chi connectivity index (χ4n) is 1.69. The number of anilines is 1. The molecule has 0 atom stereocenters. The third kappa shape index (κ3) is 4.90. The van der Waals surface area contributed by atoms with Gasteiger partial charge in [0, 0.05) is 5.56 Å². The van der Waals surface area contributed by atoms with Crippen molar-refractivity contribution in [3.05, 3.63) is 64.4 Å². The summed E-state index contributed by atoms with van der Waals surface area (Å²) in [6.45, 7) is 0.227. The van der Waals surface area contributed by atoms with Crippen molar-refractivity contribution in [2.75, 3.05) is 12.3 Å². The summed E-state index contributed by atoms with van der Waals surface area (Å²) in [6.07, 6.45) is -0.585. The van der Waals surface area contributed by atoms with Crippen LogP contribution in [0, 0.1) is 17.7 Å². The Morgan fingerprint density at radius 3 is 2.74 bits per heavy atom. The van der Waals surface area contributed by atoms with Gasteiger partial charge in [-0.2, -0.15) is 0 Å². The third-order valence-electron chi connectivity index (χ3n) is 2.87. The van der Waals surface area contributed by atoms with Crippen LogP contribution < -0.4 is 11.1 Å². The molecule has 0 aliphatic heterocycles. The van der Waals surface area contributed by atoms with Gasteiger partial charge in [-0.25, -0.2) is 9.18 Å². The number of ether oxygens (including phenoxy) is 1. The van der Waals surface area contributed by atoms with Crippen molar-refractivity contribution in [1.82, 2.24) is 5.32 Å². The van der Waals surface area contributed by atoms with E-state index in [-0.39, 0.29) is 23.9 Å². The molecule has 23 heavy (non-hydrogen) atoms. The van der Waals surface area contributed by atoms with Gasteiger partial charge in [0.1, 0.15) is 6.61 Å². The van der Waals surface area contributed by atoms with Crippen LogP contribution in [0.15, 0.2) is 42.5 Å². The SMILES string of the molecule is Nc1ccc(C#CCNC(=O)OCc2ccccc2)c(Cl)c1F. The van der Waals surface area contributed by atoms with Crippen molar-refractivity contribution in [2.24, 2.45) is 0 Å². The normalized spacial score (nSPS) is 9.65. The number of benzene rings is 2. The van der Waals surface area contributed by atoms with Crippen LogP contribution >= 0.6 is 11.6 Å². The van der Waals surface area contributed by atoms with Gasteiger partial charge in [-0.3, -0.25) is 0 Å². The van der Waals surface area contributed by atoms with Crippen LogP contribution in [0.2, 0.25) is 5.02 Å². The molecule has 118 valence electrons. The van der Waals surface area contributed by atoms with E-state index in [1.165, 1.54) is 12.1 Å². The van der Waals surface area contributed by atoms with Gasteiger partial charge in [0.2, 0.25) is 0 Å². The number of carbonyl (C=O) groups is 1. The molecule has 2 aromatic rings. The molecule has 0 saturated heterocycles. The zero-order chi connectivity index (χ0) is 16.7. The lowest BCUT2D eigenvalue weighted by atomic mass is 10.2. The molecule has 0 aliphatic rings. The van der Waals surface area contributed by atoms with E-state index in [1.807, 2.05) is 30.3 Å². The van der Waals surface area contributed by atoms with Crippen molar-refractivity contribution < 1.29 is 13.9 Å². The number of nitrogen functional groups attached to an aromatic ring is 1. The van der Waals surface area contributed by atoms with Gasteiger partial charge in [0.25, 0.3) is 0 Å². The standard InChI is InChI=1S/C17H14ClFN2O2/c18-15-13(8-9-14(20)16(15)19)7-4-10-21-17(22)23-11-12-5-2-1-3-6-12/h1-3,5-6,8-9H,10-11,20H2,(H,21,22). The topological polar surface area (TPSA) is 64.3 Å². The Hall–Kier alpha value is -2.71. The van der Waals surface area contributed by atoms with E-state index in [2.05, 4.69) is 17.2 Å². The Morgan fingerprint density at radius 1 is 1.26 bits per heavy atom. The number of halogens is 2. The van der Waals surface area contributed by atoms with Gasteiger partial charge in [0.05, 0.1) is 17.3 Å². The zero-order valence-electron chi connectivity index (χ0n) is 12.1. The summed E-state index contributed by atoms with van der Waals surface area (Å²) in [5.74, 6) is 4.63. The second-order valence-electron chi connectivity index (χ2n) is 4.55. The fourth-order valence-corrected chi connectivity index (χ4v) is 1.91. The maximum atomic E-state index is 13.5. The van der Waals surface area contributed by atoms with E-state index in [9.17, 15) is 9.18 Å². The Kier molecular flexibility index (Phi) is 5.84. The van der Waals surface area contributed by atoms with Gasteiger partial charge in [-0.15, -0.1) is 0 Å². The second-order valence-corrected chi connectivity index (χ2v) is 4.93. The maximum Gasteiger partial charge on any atom is 0.408 e. The number of hydrogen-bond donors (Lipinski definition) is 2. The molecule has 0 saturated carbocycles. The molecular formula is C17H14ClFN2O2. The fraction of sp³-hybridized carbons (Fsp3) is 0.118. The van der Waals surface area contributed by atoms with E-state index in [4.69, 9.17) is 22.1 Å². The first-order valence-electron chi connectivity index (χ1n) is 6.75. The van der Waals surface area contributed by atoms with Crippen molar-refractivity contribution in [1.29, 1.82) is 0 Å². The van der Waals surface area contributed by atoms with Crippen LogP contribution in [0.3, 0.4) is 0 Å². The maximum absolute atomic E-state index is 13.5. The lowest BCUT2D eigenvalue weighted by Gasteiger charge is -2.04. The van der Waals surface area contributed by atoms with Crippen LogP contribution in [-0.2, 0) is 11.3 Å². The van der Waals surface area contributed by atoms with Gasteiger partial charge < -0.3 is 15.8 Å². The molecular weight excluding hydrogens is 319 g/mol. The summed E-state index contributed by atoms with van der Waals surface area (Å²) >= 11 is 5.79. The molecule has 2 rings (SSSR count). The average molecular weight is 333 g/mol. The minimum absolute atomic E-state index is 0.0387. The summed E-state index contributed by atoms with van der Waals surface area (Å²) in [7, 11) is 0. The lowest BCUT2D eigenvalue weighted by molar-refractivity contribution is 0.141.